The highest BCUT2D eigenvalue weighted by Crippen LogP contribution is 2.88. The number of hydrogen-bond donors (Lipinski definition) is 3. The first-order valence-electron chi connectivity index (χ1n) is 19.1. The Morgan fingerprint density at radius 2 is 1.61 bits per heavy atom. The molecule has 4 saturated carbocycles. The van der Waals surface area contributed by atoms with Crippen molar-refractivity contribution in [3.63, 3.8) is 0 Å². The van der Waals surface area contributed by atoms with Crippen molar-refractivity contribution in [2.24, 2.45) is 33.0 Å². The Bertz CT molecular complexity index is 1610. The first kappa shape index (κ1) is 37.8. The Hall–Kier alpha value is -2.98. The fourth-order valence-electron chi connectivity index (χ4n) is 10.9. The zero-order valence-electron chi connectivity index (χ0n) is 31.2. The molecule has 0 aromatic heterocycles. The summed E-state index contributed by atoms with van der Waals surface area (Å²) in [6, 6.07) is 0.452. The summed E-state index contributed by atoms with van der Waals surface area (Å²) in [5.41, 5.74) is -2.98. The van der Waals surface area contributed by atoms with Gasteiger partial charge in [-0.15, -0.1) is 6.58 Å². The lowest BCUT2D eigenvalue weighted by Crippen LogP contribution is -2.60. The molecule has 2 saturated heterocycles. The number of hydrogen-bond acceptors (Lipinski definition) is 7. The molecule has 0 radical (unpaired) electrons. The Kier molecular flexibility index (Phi) is 9.52. The molecule has 6 fully saturated rings. The summed E-state index contributed by atoms with van der Waals surface area (Å²) in [6.07, 6.45) is 11.9. The van der Waals surface area contributed by atoms with Gasteiger partial charge in [0.2, 0.25) is 17.7 Å². The SMILES string of the molecule is C=C[C@@H]1C[C@]1(NC(=O)[C@@H]1C[C@@]2(CN1C(=O)[C@@H](NC(=O)CC1(CC#N)CCCCC1)C(C)(C)C)C(C)(C)C21CCC1)C(=O)NS(=O)(=O)N1CCCC1. The number of likely N-dealkylation sites (tertiary alicyclic amines) is 1. The number of carbonyl (C=O) groups is 4. The van der Waals surface area contributed by atoms with E-state index in [-0.39, 0.29) is 40.9 Å². The van der Waals surface area contributed by atoms with Gasteiger partial charge in [0.05, 0.1) is 6.07 Å². The Morgan fingerprint density at radius 3 is 2.12 bits per heavy atom. The molecule has 0 unspecified atom stereocenters. The number of carbonyl (C=O) groups excluding carboxylic acids is 4. The highest BCUT2D eigenvalue weighted by Gasteiger charge is 2.85. The molecule has 3 N–H and O–H groups in total. The van der Waals surface area contributed by atoms with Crippen LogP contribution in [0.3, 0.4) is 0 Å². The first-order chi connectivity index (χ1) is 23.8. The molecular weight excluding hydrogens is 669 g/mol. The zero-order valence-corrected chi connectivity index (χ0v) is 32.1. The fourth-order valence-corrected chi connectivity index (χ4v) is 12.1. The van der Waals surface area contributed by atoms with Crippen molar-refractivity contribution in [3.05, 3.63) is 12.7 Å². The number of nitriles is 1. The van der Waals surface area contributed by atoms with Crippen LogP contribution >= 0.6 is 0 Å². The van der Waals surface area contributed by atoms with Crippen molar-refractivity contribution in [1.82, 2.24) is 24.6 Å². The number of amides is 4. The van der Waals surface area contributed by atoms with Gasteiger partial charge in [-0.1, -0.05) is 66.4 Å². The van der Waals surface area contributed by atoms with Crippen molar-refractivity contribution >= 4 is 33.8 Å². The third kappa shape index (κ3) is 6.10. The van der Waals surface area contributed by atoms with Crippen LogP contribution < -0.4 is 15.4 Å². The average molecular weight is 727 g/mol. The van der Waals surface area contributed by atoms with Crippen LogP contribution in [0.15, 0.2) is 12.7 Å². The fraction of sp³-hybridized carbons (Fsp3) is 0.816. The van der Waals surface area contributed by atoms with Gasteiger partial charge in [0.25, 0.3) is 5.91 Å². The largest absolute Gasteiger partial charge is 0.344 e. The molecular formula is C38H58N6O6S. The second kappa shape index (κ2) is 12.9. The van der Waals surface area contributed by atoms with E-state index in [9.17, 15) is 32.9 Å². The molecule has 51 heavy (non-hydrogen) atoms. The van der Waals surface area contributed by atoms with E-state index in [1.807, 2.05) is 20.8 Å². The van der Waals surface area contributed by atoms with Gasteiger partial charge in [0, 0.05) is 43.8 Å². The third-order valence-corrected chi connectivity index (χ3v) is 15.9. The Balaban J connectivity index is 1.26. The molecule has 13 heteroatoms. The summed E-state index contributed by atoms with van der Waals surface area (Å²) in [4.78, 5) is 58.5. The highest BCUT2D eigenvalue weighted by molar-refractivity contribution is 7.87. The van der Waals surface area contributed by atoms with Crippen LogP contribution in [0.4, 0.5) is 0 Å². The van der Waals surface area contributed by atoms with Crippen LogP contribution in [0, 0.1) is 44.3 Å². The molecule has 282 valence electrons. The summed E-state index contributed by atoms with van der Waals surface area (Å²) in [6.45, 7) is 15.0. The zero-order chi connectivity index (χ0) is 37.3. The normalized spacial score (nSPS) is 32.4. The van der Waals surface area contributed by atoms with Crippen LogP contribution in [0.25, 0.3) is 0 Å². The van der Waals surface area contributed by atoms with Gasteiger partial charge in [-0.2, -0.15) is 18.0 Å². The molecule has 4 aliphatic carbocycles. The van der Waals surface area contributed by atoms with Crippen molar-refractivity contribution in [2.75, 3.05) is 19.6 Å². The van der Waals surface area contributed by atoms with Gasteiger partial charge in [-0.05, 0) is 73.0 Å². The number of fused-ring (bicyclic) bond motifs is 1. The van der Waals surface area contributed by atoms with Crippen molar-refractivity contribution in [1.29, 1.82) is 5.26 Å². The van der Waals surface area contributed by atoms with E-state index in [0.717, 1.165) is 51.4 Å². The minimum absolute atomic E-state index is 0.0147. The molecule has 2 aliphatic heterocycles. The number of rotatable bonds is 11. The van der Waals surface area contributed by atoms with E-state index in [1.165, 1.54) is 4.31 Å². The average Bonchev–Trinajstić information content (AvgIpc) is 3.49. The van der Waals surface area contributed by atoms with Gasteiger partial charge in [-0.3, -0.25) is 19.2 Å². The topological polar surface area (TPSA) is 169 Å². The van der Waals surface area contributed by atoms with Gasteiger partial charge >= 0.3 is 10.2 Å². The number of nitrogens with one attached hydrogen (secondary N) is 3. The maximum atomic E-state index is 14.9. The van der Waals surface area contributed by atoms with E-state index in [2.05, 4.69) is 41.9 Å². The highest BCUT2D eigenvalue weighted by atomic mass is 32.2. The lowest BCUT2D eigenvalue weighted by molar-refractivity contribution is -0.145. The Labute approximate surface area is 304 Å². The van der Waals surface area contributed by atoms with E-state index in [0.29, 0.717) is 45.3 Å². The van der Waals surface area contributed by atoms with Crippen molar-refractivity contribution in [2.45, 2.75) is 142 Å². The minimum atomic E-state index is -4.08. The smallest absolute Gasteiger partial charge is 0.303 e. The maximum absolute atomic E-state index is 14.9. The molecule has 2 heterocycles. The molecule has 0 aromatic rings. The summed E-state index contributed by atoms with van der Waals surface area (Å²) >= 11 is 0. The number of nitrogens with zero attached hydrogens (tertiary/aromatic N) is 3. The van der Waals surface area contributed by atoms with Crippen molar-refractivity contribution < 1.29 is 27.6 Å². The van der Waals surface area contributed by atoms with Crippen LogP contribution in [-0.4, -0.2) is 78.5 Å². The van der Waals surface area contributed by atoms with Crippen LogP contribution in [0.2, 0.25) is 0 Å². The van der Waals surface area contributed by atoms with Crippen LogP contribution in [0.5, 0.6) is 0 Å². The van der Waals surface area contributed by atoms with E-state index in [4.69, 9.17) is 0 Å². The predicted molar refractivity (Wildman–Crippen MR) is 191 cm³/mol. The summed E-state index contributed by atoms with van der Waals surface area (Å²) < 4.78 is 29.6. The molecule has 12 nitrogen and oxygen atoms in total. The molecule has 4 amide bonds. The standard InChI is InChI=1S/C38H58N6O6S/c1-7-26-22-38(26,32(48)42-51(49,50)43-20-11-12-21-43)41-30(46)27-23-37(34(5,6)36(37)16-13-17-36)25-44(27)31(47)29(33(2,3)4)40-28(45)24-35(18-19-39)14-9-8-10-15-35/h7,26-27,29H,1,8-18,20-25H2,2-6H3,(H,40,45)(H,41,46)(H,42,48)/t26-,27+,29-,37-,38-/m1/s1. The van der Waals surface area contributed by atoms with E-state index in [1.54, 1.807) is 11.0 Å². The van der Waals surface area contributed by atoms with E-state index < -0.39 is 56.4 Å². The molecule has 0 aromatic carbocycles. The van der Waals surface area contributed by atoms with Gasteiger partial charge in [0.1, 0.15) is 17.6 Å². The minimum Gasteiger partial charge on any atom is -0.344 e. The summed E-state index contributed by atoms with van der Waals surface area (Å²) in [7, 11) is -4.08. The first-order valence-corrected chi connectivity index (χ1v) is 20.5. The molecule has 5 atom stereocenters. The molecule has 6 rings (SSSR count). The lowest BCUT2D eigenvalue weighted by Gasteiger charge is -2.38. The maximum Gasteiger partial charge on any atom is 0.303 e. The molecule has 6 aliphatic rings. The van der Waals surface area contributed by atoms with Gasteiger partial charge in [0.15, 0.2) is 0 Å². The molecule has 0 bridgehead atoms. The van der Waals surface area contributed by atoms with E-state index >= 15 is 0 Å². The van der Waals surface area contributed by atoms with Crippen LogP contribution in [0.1, 0.15) is 125 Å². The molecule has 2 spiro atoms. The van der Waals surface area contributed by atoms with Crippen molar-refractivity contribution in [3.8, 4) is 6.07 Å². The summed E-state index contributed by atoms with van der Waals surface area (Å²) in [5, 5.41) is 15.6. The third-order valence-electron chi connectivity index (χ3n) is 14.4. The predicted octanol–water partition coefficient (Wildman–Crippen LogP) is 4.09. The monoisotopic (exact) mass is 726 g/mol. The second-order valence-corrected chi connectivity index (χ2v) is 20.0. The Morgan fingerprint density at radius 1 is 0.961 bits per heavy atom. The van der Waals surface area contributed by atoms with Gasteiger partial charge in [-0.25, -0.2) is 4.72 Å². The van der Waals surface area contributed by atoms with Crippen LogP contribution in [-0.2, 0) is 29.4 Å². The lowest BCUT2D eigenvalue weighted by atomic mass is 9.69. The quantitative estimate of drug-likeness (QED) is 0.270. The summed E-state index contributed by atoms with van der Waals surface area (Å²) in [5.74, 6) is -2.36. The van der Waals surface area contributed by atoms with Gasteiger partial charge < -0.3 is 15.5 Å². The second-order valence-electron chi connectivity index (χ2n) is 18.3.